The molecule has 7 heteroatoms. The molecule has 1 aliphatic rings. The van der Waals surface area contributed by atoms with E-state index in [1.807, 2.05) is 88.4 Å². The first-order chi connectivity index (χ1) is 19.3. The van der Waals surface area contributed by atoms with Crippen LogP contribution in [0.2, 0.25) is 0 Å². The molecule has 2 heterocycles. The second kappa shape index (κ2) is 11.6. The van der Waals surface area contributed by atoms with Gasteiger partial charge in [-0.2, -0.15) is 0 Å². The molecule has 1 unspecified atom stereocenters. The molecule has 0 aliphatic carbocycles. The molecule has 1 aromatic heterocycles. The van der Waals surface area contributed by atoms with Crippen LogP contribution in [0.4, 0.5) is 0 Å². The first kappa shape index (κ1) is 27.5. The number of hydrogen-bond acceptors (Lipinski definition) is 6. The van der Waals surface area contributed by atoms with Crippen LogP contribution < -0.4 is 14.9 Å². The Morgan fingerprint density at radius 1 is 0.975 bits per heavy atom. The van der Waals surface area contributed by atoms with Crippen LogP contribution >= 0.6 is 0 Å². The minimum absolute atomic E-state index is 0.0923. The Morgan fingerprint density at radius 3 is 2.48 bits per heavy atom. The van der Waals surface area contributed by atoms with Crippen molar-refractivity contribution in [2.45, 2.75) is 52.9 Å². The van der Waals surface area contributed by atoms with Crippen molar-refractivity contribution >= 4 is 16.9 Å². The van der Waals surface area contributed by atoms with E-state index in [0.29, 0.717) is 54.2 Å². The van der Waals surface area contributed by atoms with Crippen LogP contribution in [0, 0.1) is 13.8 Å². The maximum absolute atomic E-state index is 14.0. The molecule has 0 spiro atoms. The van der Waals surface area contributed by atoms with Crippen LogP contribution in [-0.2, 0) is 11.3 Å². The lowest BCUT2D eigenvalue weighted by Gasteiger charge is -2.26. The number of carbonyl (C=O) groups is 1. The van der Waals surface area contributed by atoms with Crippen molar-refractivity contribution in [3.8, 4) is 11.5 Å². The molecular formula is C33H35NO6. The molecular weight excluding hydrogens is 506 g/mol. The second-order valence-corrected chi connectivity index (χ2v) is 10.5. The van der Waals surface area contributed by atoms with Crippen molar-refractivity contribution in [3.63, 3.8) is 0 Å². The van der Waals surface area contributed by atoms with Gasteiger partial charge in [0.25, 0.3) is 5.91 Å². The van der Waals surface area contributed by atoms with E-state index in [9.17, 15) is 9.59 Å². The third-order valence-electron chi connectivity index (χ3n) is 7.13. The van der Waals surface area contributed by atoms with E-state index in [1.54, 1.807) is 12.0 Å². The zero-order valence-electron chi connectivity index (χ0n) is 23.7. The summed E-state index contributed by atoms with van der Waals surface area (Å²) < 4.78 is 23.7. The quantitative estimate of drug-likeness (QED) is 0.218. The standard InChI is InChI=1S/C33H35NO6/c1-20(2)38-15-9-14-34-29(24-12-13-26(27(18-24)37-5)39-19-23-10-7-6-8-11-23)28-30(35)25-17-21(3)16-22(4)31(25)40-32(28)33(34)36/h6-8,10-13,16-18,20,29H,9,14-15,19H2,1-5H3. The minimum Gasteiger partial charge on any atom is -0.493 e. The number of nitrogens with zero attached hydrogens (tertiary/aromatic N) is 1. The van der Waals surface area contributed by atoms with Crippen molar-refractivity contribution in [1.82, 2.24) is 4.90 Å². The van der Waals surface area contributed by atoms with Gasteiger partial charge >= 0.3 is 0 Å². The lowest BCUT2D eigenvalue weighted by Crippen LogP contribution is -2.31. The van der Waals surface area contributed by atoms with Gasteiger partial charge in [0.1, 0.15) is 12.2 Å². The van der Waals surface area contributed by atoms with Crippen LogP contribution in [0.25, 0.3) is 11.0 Å². The van der Waals surface area contributed by atoms with Gasteiger partial charge in [0.05, 0.1) is 30.2 Å². The topological polar surface area (TPSA) is 78.2 Å². The summed E-state index contributed by atoms with van der Waals surface area (Å²) in [5, 5.41) is 0.480. The Balaban J connectivity index is 1.56. The predicted octanol–water partition coefficient (Wildman–Crippen LogP) is 6.36. The first-order valence-corrected chi connectivity index (χ1v) is 13.6. The smallest absolute Gasteiger partial charge is 0.290 e. The van der Waals surface area contributed by atoms with Gasteiger partial charge in [-0.25, -0.2) is 0 Å². The van der Waals surface area contributed by atoms with E-state index < -0.39 is 6.04 Å². The van der Waals surface area contributed by atoms with Crippen LogP contribution in [0.15, 0.2) is 69.9 Å². The highest BCUT2D eigenvalue weighted by Gasteiger charge is 2.43. The normalized spacial score (nSPS) is 14.7. The molecule has 0 saturated carbocycles. The van der Waals surface area contributed by atoms with Crippen LogP contribution in [0.5, 0.6) is 11.5 Å². The SMILES string of the molecule is COc1cc(C2c3c(oc4c(C)cc(C)cc4c3=O)C(=O)N2CCCOC(C)C)ccc1OCc1ccccc1. The Bertz CT molecular complexity index is 1590. The van der Waals surface area contributed by atoms with Crippen molar-refractivity contribution in [2.75, 3.05) is 20.3 Å². The lowest BCUT2D eigenvalue weighted by molar-refractivity contribution is 0.0593. The lowest BCUT2D eigenvalue weighted by atomic mass is 9.97. The number of ether oxygens (including phenoxy) is 3. The fourth-order valence-electron chi connectivity index (χ4n) is 5.31. The van der Waals surface area contributed by atoms with E-state index >= 15 is 0 Å². The van der Waals surface area contributed by atoms with Crippen molar-refractivity contribution in [2.24, 2.45) is 0 Å². The average Bonchev–Trinajstić information content (AvgIpc) is 3.22. The molecule has 5 rings (SSSR count). The number of aryl methyl sites for hydroxylation is 2. The Hall–Kier alpha value is -4.10. The summed E-state index contributed by atoms with van der Waals surface area (Å²) in [7, 11) is 1.58. The summed E-state index contributed by atoms with van der Waals surface area (Å²) in [6.07, 6.45) is 0.713. The van der Waals surface area contributed by atoms with Gasteiger partial charge in [-0.15, -0.1) is 0 Å². The van der Waals surface area contributed by atoms with Gasteiger partial charge < -0.3 is 23.5 Å². The van der Waals surface area contributed by atoms with Gasteiger partial charge in [0, 0.05) is 13.2 Å². The molecule has 3 aromatic carbocycles. The second-order valence-electron chi connectivity index (χ2n) is 10.5. The molecule has 7 nitrogen and oxygen atoms in total. The van der Waals surface area contributed by atoms with Crippen LogP contribution in [0.3, 0.4) is 0 Å². The van der Waals surface area contributed by atoms with Gasteiger partial charge in [-0.1, -0.05) is 42.5 Å². The van der Waals surface area contributed by atoms with Crippen molar-refractivity contribution < 1.29 is 23.4 Å². The Morgan fingerprint density at radius 2 is 1.75 bits per heavy atom. The number of rotatable bonds is 10. The molecule has 0 radical (unpaired) electrons. The number of benzene rings is 3. The monoisotopic (exact) mass is 541 g/mol. The summed E-state index contributed by atoms with van der Waals surface area (Å²) in [6, 6.07) is 18.6. The van der Waals surface area contributed by atoms with Gasteiger partial charge in [-0.05, 0) is 74.6 Å². The van der Waals surface area contributed by atoms with Gasteiger partial charge in [-0.3, -0.25) is 9.59 Å². The summed E-state index contributed by atoms with van der Waals surface area (Å²) in [4.78, 5) is 29.4. The van der Waals surface area contributed by atoms with E-state index in [4.69, 9.17) is 18.6 Å². The fourth-order valence-corrected chi connectivity index (χ4v) is 5.31. The Kier molecular flexibility index (Phi) is 7.94. The van der Waals surface area contributed by atoms with Crippen molar-refractivity contribution in [3.05, 3.63) is 104 Å². The molecule has 1 aliphatic heterocycles. The van der Waals surface area contributed by atoms with E-state index in [2.05, 4.69) is 0 Å². The van der Waals surface area contributed by atoms with Gasteiger partial charge in [0.2, 0.25) is 5.76 Å². The number of fused-ring (bicyclic) bond motifs is 2. The largest absolute Gasteiger partial charge is 0.493 e. The zero-order valence-corrected chi connectivity index (χ0v) is 23.7. The van der Waals surface area contributed by atoms with E-state index in [0.717, 1.165) is 22.3 Å². The number of hydrogen-bond donors (Lipinski definition) is 0. The average molecular weight is 542 g/mol. The number of amides is 1. The molecule has 0 fully saturated rings. The molecule has 4 aromatic rings. The third-order valence-corrected chi connectivity index (χ3v) is 7.13. The molecule has 1 atom stereocenters. The molecule has 0 bridgehead atoms. The highest BCUT2D eigenvalue weighted by molar-refractivity contribution is 5.99. The predicted molar refractivity (Wildman–Crippen MR) is 154 cm³/mol. The van der Waals surface area contributed by atoms with Crippen molar-refractivity contribution in [1.29, 1.82) is 0 Å². The summed E-state index contributed by atoms with van der Waals surface area (Å²) in [5.41, 5.74) is 4.18. The molecule has 0 N–H and O–H groups in total. The van der Waals surface area contributed by atoms with Gasteiger partial charge in [0.15, 0.2) is 16.9 Å². The summed E-state index contributed by atoms with van der Waals surface area (Å²) in [6.45, 7) is 9.09. The molecule has 0 saturated heterocycles. The zero-order chi connectivity index (χ0) is 28.4. The molecule has 208 valence electrons. The maximum Gasteiger partial charge on any atom is 0.290 e. The highest BCUT2D eigenvalue weighted by atomic mass is 16.5. The maximum atomic E-state index is 14.0. The molecule has 40 heavy (non-hydrogen) atoms. The van der Waals surface area contributed by atoms with E-state index in [1.165, 1.54) is 0 Å². The number of carbonyl (C=O) groups excluding carboxylic acids is 1. The first-order valence-electron chi connectivity index (χ1n) is 13.6. The third kappa shape index (κ3) is 5.34. The molecule has 1 amide bonds. The minimum atomic E-state index is -0.625. The summed E-state index contributed by atoms with van der Waals surface area (Å²) in [5.74, 6) is 0.900. The fraction of sp³-hybridized carbons (Fsp3) is 0.333. The summed E-state index contributed by atoms with van der Waals surface area (Å²) >= 11 is 0. The Labute approximate surface area is 234 Å². The number of methoxy groups -OCH3 is 1. The highest BCUT2D eigenvalue weighted by Crippen LogP contribution is 2.41. The van der Waals surface area contributed by atoms with Crippen LogP contribution in [0.1, 0.15) is 64.7 Å². The van der Waals surface area contributed by atoms with Crippen LogP contribution in [-0.4, -0.2) is 37.2 Å². The van der Waals surface area contributed by atoms with E-state index in [-0.39, 0.29) is 23.2 Å².